The lowest BCUT2D eigenvalue weighted by Gasteiger charge is -2.26. The molecule has 1 saturated heterocycles. The molecule has 1 aliphatic rings. The van der Waals surface area contributed by atoms with Gasteiger partial charge in [0.05, 0.1) is 6.61 Å². The molecule has 1 aliphatic heterocycles. The largest absolute Gasteiger partial charge is 0.484 e. The van der Waals surface area contributed by atoms with Crippen LogP contribution in [-0.2, 0) is 9.53 Å². The maximum Gasteiger partial charge on any atom is 0.409 e. The van der Waals surface area contributed by atoms with Crippen LogP contribution in [0.1, 0.15) is 19.8 Å². The van der Waals surface area contributed by atoms with Gasteiger partial charge >= 0.3 is 6.09 Å². The quantitative estimate of drug-likeness (QED) is 0.774. The van der Waals surface area contributed by atoms with E-state index in [1.807, 2.05) is 12.1 Å². The Balaban J connectivity index is 1.70. The molecule has 130 valence electrons. The minimum Gasteiger partial charge on any atom is -0.484 e. The van der Waals surface area contributed by atoms with Gasteiger partial charge < -0.3 is 14.4 Å². The fraction of sp³-hybridized carbons (Fsp3) is 0.438. The summed E-state index contributed by atoms with van der Waals surface area (Å²) < 4.78 is 11.3. The van der Waals surface area contributed by atoms with Gasteiger partial charge in [0.15, 0.2) is 6.61 Å². The average Bonchev–Trinajstić information content (AvgIpc) is 2.60. The molecule has 0 aromatic heterocycles. The van der Waals surface area contributed by atoms with Crippen molar-refractivity contribution in [3.05, 3.63) is 28.7 Å². The molecule has 7 nitrogen and oxygen atoms in total. The van der Waals surface area contributed by atoms with Crippen molar-refractivity contribution in [2.45, 2.75) is 19.8 Å². The minimum atomic E-state index is -0.321. The van der Waals surface area contributed by atoms with Crippen LogP contribution in [0.5, 0.6) is 5.75 Å². The zero-order chi connectivity index (χ0) is 17.4. The van der Waals surface area contributed by atoms with Crippen molar-refractivity contribution in [1.29, 1.82) is 0 Å². The number of hydrogen-bond donors (Lipinski definition) is 1. The van der Waals surface area contributed by atoms with E-state index in [2.05, 4.69) is 26.5 Å². The highest BCUT2D eigenvalue weighted by Crippen LogP contribution is 2.15. The van der Waals surface area contributed by atoms with Crippen LogP contribution in [0.25, 0.3) is 0 Å². The number of likely N-dealkylation sites (tertiary alicyclic amines) is 1. The number of hydrazone groups is 1. The van der Waals surface area contributed by atoms with Gasteiger partial charge in [0.25, 0.3) is 5.91 Å². The Kier molecular flexibility index (Phi) is 7.05. The van der Waals surface area contributed by atoms with Crippen LogP contribution < -0.4 is 10.2 Å². The topological polar surface area (TPSA) is 80.2 Å². The number of halogens is 1. The van der Waals surface area contributed by atoms with Crippen molar-refractivity contribution < 1.29 is 19.1 Å². The van der Waals surface area contributed by atoms with Gasteiger partial charge in [-0.3, -0.25) is 4.79 Å². The molecule has 0 spiro atoms. The third kappa shape index (κ3) is 5.84. The Bertz CT molecular complexity index is 594. The van der Waals surface area contributed by atoms with E-state index in [1.165, 1.54) is 0 Å². The van der Waals surface area contributed by atoms with Crippen LogP contribution >= 0.6 is 15.9 Å². The number of piperidine rings is 1. The van der Waals surface area contributed by atoms with Crippen molar-refractivity contribution in [3.8, 4) is 5.75 Å². The van der Waals surface area contributed by atoms with Crippen molar-refractivity contribution in [1.82, 2.24) is 10.3 Å². The number of carbonyl (C=O) groups is 2. The molecule has 8 heteroatoms. The SMILES string of the molecule is CCOC(=O)N1CCC(=NNC(=O)COc2ccc(Br)cc2)CC1. The highest BCUT2D eigenvalue weighted by atomic mass is 79.9. The standard InChI is InChI=1S/C16H20BrN3O4/c1-2-23-16(22)20-9-7-13(8-10-20)18-19-15(21)11-24-14-5-3-12(17)4-6-14/h3-6H,2,7-11H2,1H3,(H,19,21). The summed E-state index contributed by atoms with van der Waals surface area (Å²) in [5.41, 5.74) is 3.34. The lowest BCUT2D eigenvalue weighted by molar-refractivity contribution is -0.123. The summed E-state index contributed by atoms with van der Waals surface area (Å²) in [4.78, 5) is 25.0. The van der Waals surface area contributed by atoms with E-state index in [4.69, 9.17) is 9.47 Å². The molecule has 0 bridgehead atoms. The first-order valence-electron chi connectivity index (χ1n) is 7.73. The first-order chi connectivity index (χ1) is 11.6. The molecule has 24 heavy (non-hydrogen) atoms. The maximum absolute atomic E-state index is 11.7. The number of carbonyl (C=O) groups excluding carboxylic acids is 2. The number of hydrogen-bond acceptors (Lipinski definition) is 5. The lowest BCUT2D eigenvalue weighted by atomic mass is 10.1. The summed E-state index contributed by atoms with van der Waals surface area (Å²) in [7, 11) is 0. The minimum absolute atomic E-state index is 0.104. The fourth-order valence-electron chi connectivity index (χ4n) is 2.13. The smallest absolute Gasteiger partial charge is 0.409 e. The summed E-state index contributed by atoms with van der Waals surface area (Å²) in [6.07, 6.45) is 0.933. The highest BCUT2D eigenvalue weighted by molar-refractivity contribution is 9.10. The fourth-order valence-corrected chi connectivity index (χ4v) is 2.39. The van der Waals surface area contributed by atoms with Crippen molar-refractivity contribution in [3.63, 3.8) is 0 Å². The summed E-state index contributed by atoms with van der Waals surface area (Å²) in [6.45, 7) is 3.13. The molecular weight excluding hydrogens is 378 g/mol. The second kappa shape index (κ2) is 9.27. The second-order valence-corrected chi connectivity index (χ2v) is 6.06. The Morgan fingerprint density at radius 3 is 2.54 bits per heavy atom. The van der Waals surface area contributed by atoms with Gasteiger partial charge in [0, 0.05) is 36.1 Å². The average molecular weight is 398 g/mol. The van der Waals surface area contributed by atoms with Crippen LogP contribution in [0.4, 0.5) is 4.79 Å². The van der Waals surface area contributed by atoms with Crippen LogP contribution in [0.2, 0.25) is 0 Å². The van der Waals surface area contributed by atoms with Crippen LogP contribution in [-0.4, -0.2) is 48.9 Å². The summed E-state index contributed by atoms with van der Waals surface area (Å²) in [6, 6.07) is 7.22. The number of nitrogens with one attached hydrogen (secondary N) is 1. The van der Waals surface area contributed by atoms with Crippen molar-refractivity contribution in [2.75, 3.05) is 26.3 Å². The Labute approximate surface area is 149 Å². The van der Waals surface area contributed by atoms with Crippen molar-refractivity contribution >= 4 is 33.6 Å². The zero-order valence-corrected chi connectivity index (χ0v) is 15.0. The third-order valence-corrected chi connectivity index (χ3v) is 3.92. The highest BCUT2D eigenvalue weighted by Gasteiger charge is 2.20. The van der Waals surface area contributed by atoms with Gasteiger partial charge in [0.1, 0.15) is 5.75 Å². The van der Waals surface area contributed by atoms with Crippen LogP contribution in [0.15, 0.2) is 33.8 Å². The predicted octanol–water partition coefficient (Wildman–Crippen LogP) is 2.55. The molecular formula is C16H20BrN3O4. The summed E-state index contributed by atoms with van der Waals surface area (Å²) in [5, 5.41) is 4.10. The molecule has 1 aromatic rings. The summed E-state index contributed by atoms with van der Waals surface area (Å²) >= 11 is 3.33. The molecule has 0 unspecified atom stereocenters. The molecule has 1 aromatic carbocycles. The number of nitrogens with zero attached hydrogens (tertiary/aromatic N) is 2. The second-order valence-electron chi connectivity index (χ2n) is 5.14. The Hall–Kier alpha value is -2.09. The summed E-state index contributed by atoms with van der Waals surface area (Å²) in [5.74, 6) is 0.294. The normalized spacial score (nSPS) is 14.1. The van der Waals surface area contributed by atoms with E-state index in [-0.39, 0.29) is 18.6 Å². The van der Waals surface area contributed by atoms with E-state index >= 15 is 0 Å². The molecule has 1 N–H and O–H groups in total. The third-order valence-electron chi connectivity index (χ3n) is 3.39. The zero-order valence-electron chi connectivity index (χ0n) is 13.5. The molecule has 2 rings (SSSR count). The number of ether oxygens (including phenoxy) is 2. The number of benzene rings is 1. The molecule has 0 aliphatic carbocycles. The van der Waals surface area contributed by atoms with Crippen molar-refractivity contribution in [2.24, 2.45) is 5.10 Å². The number of rotatable bonds is 5. The van der Waals surface area contributed by atoms with Gasteiger partial charge in [-0.1, -0.05) is 15.9 Å². The van der Waals surface area contributed by atoms with Crippen LogP contribution in [0.3, 0.4) is 0 Å². The van der Waals surface area contributed by atoms with E-state index in [9.17, 15) is 9.59 Å². The number of amides is 2. The van der Waals surface area contributed by atoms with Gasteiger partial charge in [-0.15, -0.1) is 0 Å². The van der Waals surface area contributed by atoms with Crippen LogP contribution in [0, 0.1) is 0 Å². The Morgan fingerprint density at radius 2 is 1.92 bits per heavy atom. The lowest BCUT2D eigenvalue weighted by Crippen LogP contribution is -2.39. The molecule has 1 heterocycles. The molecule has 1 fully saturated rings. The van der Waals surface area contributed by atoms with Gasteiger partial charge in [-0.25, -0.2) is 10.2 Å². The molecule has 2 amide bonds. The first-order valence-corrected chi connectivity index (χ1v) is 8.52. The Morgan fingerprint density at radius 1 is 1.25 bits per heavy atom. The molecule has 0 atom stereocenters. The van der Waals surface area contributed by atoms with Gasteiger partial charge in [0.2, 0.25) is 0 Å². The first kappa shape index (κ1) is 18.3. The van der Waals surface area contributed by atoms with E-state index < -0.39 is 0 Å². The van der Waals surface area contributed by atoms with E-state index in [1.54, 1.807) is 24.0 Å². The predicted molar refractivity (Wildman–Crippen MR) is 93.0 cm³/mol. The molecule has 0 radical (unpaired) electrons. The van der Waals surface area contributed by atoms with E-state index in [0.29, 0.717) is 38.3 Å². The van der Waals surface area contributed by atoms with Gasteiger partial charge in [-0.2, -0.15) is 5.10 Å². The van der Waals surface area contributed by atoms with E-state index in [0.717, 1.165) is 10.2 Å². The van der Waals surface area contributed by atoms with Gasteiger partial charge in [-0.05, 0) is 31.2 Å². The monoisotopic (exact) mass is 397 g/mol. The maximum atomic E-state index is 11.7. The molecule has 0 saturated carbocycles.